The Kier molecular flexibility index (Phi) is 5.57. The molecular formula is C15H21N3O4. The van der Waals surface area contributed by atoms with Crippen LogP contribution in [0.15, 0.2) is 18.2 Å². The molecular weight excluding hydrogens is 286 g/mol. The van der Waals surface area contributed by atoms with Crippen LogP contribution in [0.5, 0.6) is 5.75 Å². The summed E-state index contributed by atoms with van der Waals surface area (Å²) in [6.07, 6.45) is 3.78. The van der Waals surface area contributed by atoms with E-state index in [1.165, 1.54) is 19.6 Å². The molecule has 1 aliphatic heterocycles. The lowest BCUT2D eigenvalue weighted by Gasteiger charge is -2.26. The zero-order valence-electron chi connectivity index (χ0n) is 12.7. The van der Waals surface area contributed by atoms with Crippen LogP contribution in [0.4, 0.5) is 11.4 Å². The molecule has 1 fully saturated rings. The van der Waals surface area contributed by atoms with Crippen molar-refractivity contribution >= 4 is 17.3 Å². The maximum Gasteiger partial charge on any atom is 0.311 e. The summed E-state index contributed by atoms with van der Waals surface area (Å²) in [5.74, 6) is 0.360. The summed E-state index contributed by atoms with van der Waals surface area (Å²) in [6.45, 7) is 2.20. The van der Waals surface area contributed by atoms with E-state index in [9.17, 15) is 14.9 Å². The van der Waals surface area contributed by atoms with Gasteiger partial charge in [0.15, 0.2) is 5.75 Å². The van der Waals surface area contributed by atoms with E-state index in [-0.39, 0.29) is 17.3 Å². The van der Waals surface area contributed by atoms with Gasteiger partial charge < -0.3 is 15.0 Å². The smallest absolute Gasteiger partial charge is 0.311 e. The van der Waals surface area contributed by atoms with Gasteiger partial charge in [-0.1, -0.05) is 0 Å². The number of nitro benzene ring substituents is 1. The molecule has 1 aromatic carbocycles. The lowest BCUT2D eigenvalue weighted by molar-refractivity contribution is -0.385. The van der Waals surface area contributed by atoms with Gasteiger partial charge in [-0.05, 0) is 25.3 Å². The van der Waals surface area contributed by atoms with Crippen LogP contribution in [0, 0.1) is 10.1 Å². The fourth-order valence-corrected chi connectivity index (χ4v) is 2.55. The predicted molar refractivity (Wildman–Crippen MR) is 83.2 cm³/mol. The summed E-state index contributed by atoms with van der Waals surface area (Å²) in [7, 11) is 1.39. The Morgan fingerprint density at radius 2 is 2.09 bits per heavy atom. The van der Waals surface area contributed by atoms with E-state index in [2.05, 4.69) is 5.32 Å². The number of amides is 1. The van der Waals surface area contributed by atoms with Gasteiger partial charge >= 0.3 is 5.69 Å². The molecule has 0 bridgehead atoms. The normalized spacial score (nSPS) is 14.5. The fraction of sp³-hybridized carbons (Fsp3) is 0.533. The third kappa shape index (κ3) is 4.09. The molecule has 1 saturated heterocycles. The second kappa shape index (κ2) is 7.63. The van der Waals surface area contributed by atoms with Crippen molar-refractivity contribution in [3.8, 4) is 5.75 Å². The van der Waals surface area contributed by atoms with Crippen molar-refractivity contribution in [3.63, 3.8) is 0 Å². The van der Waals surface area contributed by atoms with Crippen LogP contribution in [0.25, 0.3) is 0 Å². The topological polar surface area (TPSA) is 84.7 Å². The number of hydrogen-bond acceptors (Lipinski definition) is 5. The van der Waals surface area contributed by atoms with Crippen LogP contribution in [0.1, 0.15) is 25.7 Å². The van der Waals surface area contributed by atoms with E-state index in [1.54, 1.807) is 12.1 Å². The number of nitrogens with zero attached hydrogens (tertiary/aromatic N) is 2. The van der Waals surface area contributed by atoms with Crippen molar-refractivity contribution in [3.05, 3.63) is 28.3 Å². The van der Waals surface area contributed by atoms with Crippen LogP contribution < -0.4 is 10.1 Å². The zero-order chi connectivity index (χ0) is 15.9. The number of carbonyl (C=O) groups excluding carboxylic acids is 1. The van der Waals surface area contributed by atoms with Crippen molar-refractivity contribution in [1.29, 1.82) is 0 Å². The maximum absolute atomic E-state index is 12.0. The standard InChI is InChI=1S/C15H21N3O4/c1-22-14-11-12(5-6-13(14)18(20)21)16-8-7-15(19)17-9-3-2-4-10-17/h5-6,11,16H,2-4,7-10H2,1H3. The first-order valence-electron chi connectivity index (χ1n) is 7.46. The van der Waals surface area contributed by atoms with E-state index in [4.69, 9.17) is 4.74 Å². The first-order valence-corrected chi connectivity index (χ1v) is 7.46. The largest absolute Gasteiger partial charge is 0.490 e. The van der Waals surface area contributed by atoms with Gasteiger partial charge in [0.1, 0.15) is 0 Å². The highest BCUT2D eigenvalue weighted by atomic mass is 16.6. The quantitative estimate of drug-likeness (QED) is 0.644. The van der Waals surface area contributed by atoms with E-state index in [1.807, 2.05) is 4.90 Å². The summed E-state index contributed by atoms with van der Waals surface area (Å²) in [4.78, 5) is 24.3. The van der Waals surface area contributed by atoms with Gasteiger partial charge in [0.05, 0.1) is 12.0 Å². The molecule has 0 aromatic heterocycles. The highest BCUT2D eigenvalue weighted by molar-refractivity contribution is 5.76. The lowest BCUT2D eigenvalue weighted by atomic mass is 10.1. The molecule has 1 N–H and O–H groups in total. The van der Waals surface area contributed by atoms with Gasteiger partial charge in [-0.3, -0.25) is 14.9 Å². The van der Waals surface area contributed by atoms with Crippen molar-refractivity contribution in [2.45, 2.75) is 25.7 Å². The highest BCUT2D eigenvalue weighted by Crippen LogP contribution is 2.29. The lowest BCUT2D eigenvalue weighted by Crippen LogP contribution is -2.36. The minimum atomic E-state index is -0.484. The Morgan fingerprint density at radius 1 is 1.36 bits per heavy atom. The minimum Gasteiger partial charge on any atom is -0.490 e. The second-order valence-electron chi connectivity index (χ2n) is 5.26. The first kappa shape index (κ1) is 16.1. The van der Waals surface area contributed by atoms with E-state index >= 15 is 0 Å². The molecule has 1 aliphatic rings. The van der Waals surface area contributed by atoms with Crippen LogP contribution in [-0.4, -0.2) is 42.5 Å². The van der Waals surface area contributed by atoms with Gasteiger partial charge in [0, 0.05) is 43.9 Å². The maximum atomic E-state index is 12.0. The van der Waals surface area contributed by atoms with Crippen LogP contribution >= 0.6 is 0 Å². The van der Waals surface area contributed by atoms with Gasteiger partial charge in [-0.25, -0.2) is 0 Å². The summed E-state index contributed by atoms with van der Waals surface area (Å²) >= 11 is 0. The average molecular weight is 307 g/mol. The SMILES string of the molecule is COc1cc(NCCC(=O)N2CCCCC2)ccc1[N+](=O)[O-]. The molecule has 7 nitrogen and oxygen atoms in total. The first-order chi connectivity index (χ1) is 10.6. The van der Waals surface area contributed by atoms with Crippen molar-refractivity contribution in [1.82, 2.24) is 4.90 Å². The van der Waals surface area contributed by atoms with E-state index < -0.39 is 4.92 Å². The van der Waals surface area contributed by atoms with E-state index in [0.717, 1.165) is 25.9 Å². The number of anilines is 1. The van der Waals surface area contributed by atoms with Gasteiger partial charge in [-0.2, -0.15) is 0 Å². The number of methoxy groups -OCH3 is 1. The Balaban J connectivity index is 1.86. The highest BCUT2D eigenvalue weighted by Gasteiger charge is 2.17. The van der Waals surface area contributed by atoms with Crippen LogP contribution in [-0.2, 0) is 4.79 Å². The molecule has 0 atom stereocenters. The Bertz CT molecular complexity index is 542. The Labute approximate surface area is 129 Å². The third-order valence-electron chi connectivity index (χ3n) is 3.75. The van der Waals surface area contributed by atoms with Crippen molar-refractivity contribution in [2.75, 3.05) is 32.1 Å². The average Bonchev–Trinajstić information content (AvgIpc) is 2.55. The molecule has 0 radical (unpaired) electrons. The molecule has 120 valence electrons. The van der Waals surface area contributed by atoms with Gasteiger partial charge in [-0.15, -0.1) is 0 Å². The Hall–Kier alpha value is -2.31. The number of ether oxygens (including phenoxy) is 1. The Morgan fingerprint density at radius 3 is 2.73 bits per heavy atom. The molecule has 0 aliphatic carbocycles. The number of carbonyl (C=O) groups is 1. The molecule has 1 heterocycles. The summed E-state index contributed by atoms with van der Waals surface area (Å²) in [5, 5.41) is 13.9. The number of piperidine rings is 1. The molecule has 0 spiro atoms. The van der Waals surface area contributed by atoms with Crippen LogP contribution in [0.3, 0.4) is 0 Å². The predicted octanol–water partition coefficient (Wildman–Crippen LogP) is 2.42. The number of hydrogen-bond donors (Lipinski definition) is 1. The molecule has 22 heavy (non-hydrogen) atoms. The van der Waals surface area contributed by atoms with Crippen molar-refractivity contribution < 1.29 is 14.5 Å². The van der Waals surface area contributed by atoms with E-state index in [0.29, 0.717) is 18.7 Å². The molecule has 1 aromatic rings. The zero-order valence-corrected chi connectivity index (χ0v) is 12.7. The number of nitro groups is 1. The monoisotopic (exact) mass is 307 g/mol. The second-order valence-corrected chi connectivity index (χ2v) is 5.26. The number of nitrogens with one attached hydrogen (secondary N) is 1. The summed E-state index contributed by atoms with van der Waals surface area (Å²) in [6, 6.07) is 4.59. The number of benzene rings is 1. The summed E-state index contributed by atoms with van der Waals surface area (Å²) < 4.78 is 5.01. The third-order valence-corrected chi connectivity index (χ3v) is 3.75. The fourth-order valence-electron chi connectivity index (χ4n) is 2.55. The van der Waals surface area contributed by atoms with Crippen molar-refractivity contribution in [2.24, 2.45) is 0 Å². The van der Waals surface area contributed by atoms with Crippen LogP contribution in [0.2, 0.25) is 0 Å². The molecule has 1 amide bonds. The van der Waals surface area contributed by atoms with Gasteiger partial charge in [0.25, 0.3) is 0 Å². The number of rotatable bonds is 6. The molecule has 0 unspecified atom stereocenters. The molecule has 2 rings (SSSR count). The van der Waals surface area contributed by atoms with Gasteiger partial charge in [0.2, 0.25) is 5.91 Å². The number of likely N-dealkylation sites (tertiary alicyclic amines) is 1. The minimum absolute atomic E-state index is 0.0718. The molecule has 7 heteroatoms. The molecule has 0 saturated carbocycles. The summed E-state index contributed by atoms with van der Waals surface area (Å²) in [5.41, 5.74) is 0.631.